The van der Waals surface area contributed by atoms with Crippen LogP contribution in [0.2, 0.25) is 0 Å². The van der Waals surface area contributed by atoms with Crippen molar-refractivity contribution in [3.63, 3.8) is 0 Å². The number of nitrogens with zero attached hydrogens (tertiary/aromatic N) is 4. The second-order valence-corrected chi connectivity index (χ2v) is 11.3. The van der Waals surface area contributed by atoms with Crippen molar-refractivity contribution >= 4 is 40.5 Å². The average Bonchev–Trinajstić information content (AvgIpc) is 3.59. The van der Waals surface area contributed by atoms with Crippen LogP contribution < -0.4 is 10.2 Å². The van der Waals surface area contributed by atoms with E-state index >= 15 is 0 Å². The highest BCUT2D eigenvalue weighted by atomic mass is 16.2. The zero-order valence-electron chi connectivity index (χ0n) is 24.1. The van der Waals surface area contributed by atoms with E-state index in [1.165, 1.54) is 5.56 Å². The number of hydrogen-bond donors (Lipinski definition) is 1. The van der Waals surface area contributed by atoms with Gasteiger partial charge in [0, 0.05) is 30.5 Å². The van der Waals surface area contributed by atoms with E-state index in [1.54, 1.807) is 59.2 Å². The second-order valence-electron chi connectivity index (χ2n) is 11.3. The van der Waals surface area contributed by atoms with Crippen LogP contribution in [-0.2, 0) is 0 Å². The Labute approximate surface area is 253 Å². The molecule has 218 valence electrons. The summed E-state index contributed by atoms with van der Waals surface area (Å²) in [7, 11) is 0. The number of rotatable bonds is 5. The van der Waals surface area contributed by atoms with Gasteiger partial charge in [0.05, 0.1) is 34.1 Å². The van der Waals surface area contributed by atoms with Crippen LogP contribution >= 0.6 is 0 Å². The topological polar surface area (TPSA) is 104 Å². The Kier molecular flexibility index (Phi) is 6.77. The highest BCUT2D eigenvalue weighted by Gasteiger charge is 2.36. The summed E-state index contributed by atoms with van der Waals surface area (Å²) in [6.07, 6.45) is 5.07. The van der Waals surface area contributed by atoms with Gasteiger partial charge in [-0.2, -0.15) is 5.10 Å². The maximum atomic E-state index is 13.3. The molecule has 0 atom stereocenters. The van der Waals surface area contributed by atoms with Crippen molar-refractivity contribution in [3.8, 4) is 0 Å². The molecule has 5 aromatic rings. The number of amides is 4. The Balaban J connectivity index is 0.953. The number of imide groups is 1. The summed E-state index contributed by atoms with van der Waals surface area (Å²) in [6, 6.07) is 25.2. The van der Waals surface area contributed by atoms with E-state index in [0.29, 0.717) is 52.6 Å². The van der Waals surface area contributed by atoms with Crippen molar-refractivity contribution in [1.29, 1.82) is 0 Å². The summed E-state index contributed by atoms with van der Waals surface area (Å²) in [5, 5.41) is 7.24. The molecule has 0 aliphatic carbocycles. The molecule has 9 heteroatoms. The zero-order chi connectivity index (χ0) is 30.4. The first-order chi connectivity index (χ1) is 21.4. The highest BCUT2D eigenvalue weighted by molar-refractivity contribution is 6.34. The van der Waals surface area contributed by atoms with E-state index in [0.717, 1.165) is 28.8 Å². The summed E-state index contributed by atoms with van der Waals surface area (Å²) in [4.78, 5) is 54.8. The number of carbonyl (C=O) groups excluding carboxylic acids is 4. The first-order valence-corrected chi connectivity index (χ1v) is 14.6. The lowest BCUT2D eigenvalue weighted by Crippen LogP contribution is -2.38. The molecule has 1 N–H and O–H groups in total. The highest BCUT2D eigenvalue weighted by Crippen LogP contribution is 2.31. The monoisotopic (exact) mass is 583 g/mol. The zero-order valence-corrected chi connectivity index (χ0v) is 24.1. The van der Waals surface area contributed by atoms with E-state index in [2.05, 4.69) is 10.4 Å². The van der Waals surface area contributed by atoms with Crippen molar-refractivity contribution in [2.45, 2.75) is 25.7 Å². The third-order valence-corrected chi connectivity index (χ3v) is 8.51. The molecule has 0 saturated carbocycles. The van der Waals surface area contributed by atoms with Crippen LogP contribution in [0.4, 0.5) is 11.4 Å². The third kappa shape index (κ3) is 4.82. The smallest absolute Gasteiger partial charge is 0.266 e. The summed E-state index contributed by atoms with van der Waals surface area (Å²) >= 11 is 0. The van der Waals surface area contributed by atoms with Gasteiger partial charge >= 0.3 is 0 Å². The van der Waals surface area contributed by atoms with E-state index in [9.17, 15) is 19.2 Å². The molecular weight excluding hydrogens is 554 g/mol. The number of carbonyl (C=O) groups is 4. The number of pyridine rings is 1. The van der Waals surface area contributed by atoms with Crippen molar-refractivity contribution in [2.24, 2.45) is 0 Å². The minimum absolute atomic E-state index is 0.0710. The Bertz CT molecular complexity index is 1900. The molecule has 1 saturated heterocycles. The van der Waals surface area contributed by atoms with Gasteiger partial charge in [0.15, 0.2) is 0 Å². The molecule has 0 radical (unpaired) electrons. The number of anilines is 2. The number of aryl methyl sites for hydroxylation is 1. The van der Waals surface area contributed by atoms with Crippen LogP contribution in [0.5, 0.6) is 0 Å². The van der Waals surface area contributed by atoms with E-state index in [1.807, 2.05) is 54.4 Å². The molecule has 4 heterocycles. The number of nitrogens with one attached hydrogen (secondary N) is 1. The minimum Gasteiger partial charge on any atom is -0.339 e. The largest absolute Gasteiger partial charge is 0.339 e. The number of piperidine rings is 1. The molecule has 4 amide bonds. The molecule has 1 fully saturated rings. The van der Waals surface area contributed by atoms with Crippen LogP contribution in [0.25, 0.3) is 5.52 Å². The minimum atomic E-state index is -0.357. The van der Waals surface area contributed by atoms with E-state index < -0.39 is 0 Å². The Morgan fingerprint density at radius 2 is 1.50 bits per heavy atom. The van der Waals surface area contributed by atoms with Gasteiger partial charge in [-0.05, 0) is 97.5 Å². The van der Waals surface area contributed by atoms with Gasteiger partial charge in [-0.25, -0.2) is 9.42 Å². The molecule has 2 aromatic heterocycles. The van der Waals surface area contributed by atoms with Crippen LogP contribution in [0.3, 0.4) is 0 Å². The Morgan fingerprint density at radius 1 is 0.841 bits per heavy atom. The molecule has 7 rings (SSSR count). The molecule has 3 aromatic carbocycles. The Hall–Kier alpha value is -5.57. The first-order valence-electron chi connectivity index (χ1n) is 14.6. The maximum absolute atomic E-state index is 13.3. The lowest BCUT2D eigenvalue weighted by molar-refractivity contribution is 0.0712. The van der Waals surface area contributed by atoms with Crippen LogP contribution in [0, 0.1) is 6.92 Å². The van der Waals surface area contributed by atoms with E-state index in [4.69, 9.17) is 0 Å². The molecule has 2 aliphatic rings. The van der Waals surface area contributed by atoms with Gasteiger partial charge in [-0.1, -0.05) is 24.3 Å². The summed E-state index contributed by atoms with van der Waals surface area (Å²) < 4.78 is 1.69. The standard InChI is InChI=1S/C35H29N5O4/c1-22-14-19-39-31(20-22)30(21-36-39)32(41)37-26-10-6-23(7-11-26)24-15-17-38(18-16-24)33(42)25-8-12-27(13-9-25)40-34(43)28-4-2-3-5-29(28)35(40)44/h2-14,19-21,24H,15-18H2,1H3,(H,37,41). The molecule has 44 heavy (non-hydrogen) atoms. The van der Waals surface area contributed by atoms with Gasteiger partial charge in [0.2, 0.25) is 0 Å². The summed E-state index contributed by atoms with van der Waals surface area (Å²) in [5.74, 6) is -0.684. The quantitative estimate of drug-likeness (QED) is 0.267. The molecule has 2 aliphatic heterocycles. The van der Waals surface area contributed by atoms with Crippen LogP contribution in [0.15, 0.2) is 97.3 Å². The summed E-state index contributed by atoms with van der Waals surface area (Å²) in [6.45, 7) is 3.22. The SMILES string of the molecule is Cc1ccn2ncc(C(=O)Nc3ccc(C4CCN(C(=O)c5ccc(N6C(=O)c7ccccc7C6=O)cc5)CC4)cc3)c2c1. The predicted octanol–water partition coefficient (Wildman–Crippen LogP) is 5.72. The number of fused-ring (bicyclic) bond motifs is 2. The fraction of sp³-hybridized carbons (Fsp3) is 0.171. The number of likely N-dealkylation sites (tertiary alicyclic amines) is 1. The van der Waals surface area contributed by atoms with Gasteiger partial charge < -0.3 is 10.2 Å². The van der Waals surface area contributed by atoms with Gasteiger partial charge in [-0.15, -0.1) is 0 Å². The fourth-order valence-corrected chi connectivity index (χ4v) is 6.07. The van der Waals surface area contributed by atoms with Crippen molar-refractivity contribution in [3.05, 3.63) is 131 Å². The maximum Gasteiger partial charge on any atom is 0.266 e. The second kappa shape index (κ2) is 10.9. The lowest BCUT2D eigenvalue weighted by atomic mass is 9.89. The third-order valence-electron chi connectivity index (χ3n) is 8.51. The summed E-state index contributed by atoms with van der Waals surface area (Å²) in [5.41, 5.74) is 5.96. The average molecular weight is 584 g/mol. The van der Waals surface area contributed by atoms with Crippen molar-refractivity contribution in [2.75, 3.05) is 23.3 Å². The predicted molar refractivity (Wildman–Crippen MR) is 166 cm³/mol. The fourth-order valence-electron chi connectivity index (χ4n) is 6.07. The number of hydrogen-bond acceptors (Lipinski definition) is 5. The van der Waals surface area contributed by atoms with Gasteiger partial charge in [0.25, 0.3) is 23.6 Å². The first kappa shape index (κ1) is 27.3. The Morgan fingerprint density at radius 3 is 2.16 bits per heavy atom. The van der Waals surface area contributed by atoms with Crippen molar-refractivity contribution in [1.82, 2.24) is 14.5 Å². The molecule has 0 spiro atoms. The van der Waals surface area contributed by atoms with Gasteiger partial charge in [0.1, 0.15) is 0 Å². The normalized spacial score (nSPS) is 15.1. The molecular formula is C35H29N5O4. The lowest BCUT2D eigenvalue weighted by Gasteiger charge is -2.32. The molecule has 0 unspecified atom stereocenters. The number of benzene rings is 3. The van der Waals surface area contributed by atoms with Crippen LogP contribution in [0.1, 0.15) is 71.3 Å². The van der Waals surface area contributed by atoms with E-state index in [-0.39, 0.29) is 23.6 Å². The molecule has 9 nitrogen and oxygen atoms in total. The number of aromatic nitrogens is 2. The van der Waals surface area contributed by atoms with Crippen LogP contribution in [-0.4, -0.2) is 51.2 Å². The molecule has 0 bridgehead atoms. The van der Waals surface area contributed by atoms with Gasteiger partial charge in [-0.3, -0.25) is 19.2 Å². The van der Waals surface area contributed by atoms with Crippen molar-refractivity contribution < 1.29 is 19.2 Å².